The normalized spacial score (nSPS) is 11.6. The van der Waals surface area contributed by atoms with E-state index in [0.717, 1.165) is 60.9 Å². The van der Waals surface area contributed by atoms with Crippen molar-refractivity contribution in [2.24, 2.45) is 0 Å². The molecule has 28 heavy (non-hydrogen) atoms. The second-order valence-corrected chi connectivity index (χ2v) is 7.44. The van der Waals surface area contributed by atoms with E-state index in [9.17, 15) is 0 Å². The van der Waals surface area contributed by atoms with Crippen LogP contribution in [0.2, 0.25) is 0 Å². The van der Waals surface area contributed by atoms with Gasteiger partial charge in [0, 0.05) is 25.2 Å². The van der Waals surface area contributed by atoms with Crippen LogP contribution >= 0.6 is 0 Å². The summed E-state index contributed by atoms with van der Waals surface area (Å²) in [5, 5.41) is 0. The monoisotopic (exact) mass is 380 g/mol. The second-order valence-electron chi connectivity index (χ2n) is 7.44. The molecule has 0 amide bonds. The Bertz CT molecular complexity index is 895. The Morgan fingerprint density at radius 3 is 2.43 bits per heavy atom. The Morgan fingerprint density at radius 1 is 1.07 bits per heavy atom. The van der Waals surface area contributed by atoms with Crippen LogP contribution in [0.15, 0.2) is 42.5 Å². The SMILES string of the molecule is CCN(CC)CCn1c(Cc2ccc(OC(C)C)cc2)nc2cc(N)ccc21. The molecular formula is C23H32N4O. The lowest BCUT2D eigenvalue weighted by Crippen LogP contribution is -2.27. The minimum absolute atomic E-state index is 0.181. The van der Waals surface area contributed by atoms with Crippen molar-refractivity contribution in [3.05, 3.63) is 53.9 Å². The third-order valence-corrected chi connectivity index (χ3v) is 5.04. The van der Waals surface area contributed by atoms with Gasteiger partial charge in [-0.05, 0) is 62.8 Å². The zero-order chi connectivity index (χ0) is 20.1. The maximum absolute atomic E-state index is 5.99. The lowest BCUT2D eigenvalue weighted by atomic mass is 10.1. The molecule has 0 atom stereocenters. The van der Waals surface area contributed by atoms with E-state index < -0.39 is 0 Å². The highest BCUT2D eigenvalue weighted by atomic mass is 16.5. The lowest BCUT2D eigenvalue weighted by Gasteiger charge is -2.19. The molecule has 0 fully saturated rings. The van der Waals surface area contributed by atoms with Gasteiger partial charge >= 0.3 is 0 Å². The van der Waals surface area contributed by atoms with Gasteiger partial charge in [-0.15, -0.1) is 0 Å². The minimum atomic E-state index is 0.181. The molecule has 1 aromatic heterocycles. The fourth-order valence-electron chi connectivity index (χ4n) is 3.50. The van der Waals surface area contributed by atoms with E-state index in [1.807, 2.05) is 38.1 Å². The molecule has 0 radical (unpaired) electrons. The summed E-state index contributed by atoms with van der Waals surface area (Å²) in [5.41, 5.74) is 10.1. The Hall–Kier alpha value is -2.53. The number of nitrogens with two attached hydrogens (primary N) is 1. The molecule has 1 heterocycles. The molecule has 0 unspecified atom stereocenters. The van der Waals surface area contributed by atoms with Crippen LogP contribution in [0.3, 0.4) is 0 Å². The van der Waals surface area contributed by atoms with Crippen LogP contribution in [0.4, 0.5) is 5.69 Å². The molecule has 150 valence electrons. The fourth-order valence-corrected chi connectivity index (χ4v) is 3.50. The molecule has 3 rings (SSSR count). The van der Waals surface area contributed by atoms with Crippen molar-refractivity contribution in [3.63, 3.8) is 0 Å². The number of nitrogen functional groups attached to an aromatic ring is 1. The summed E-state index contributed by atoms with van der Waals surface area (Å²) in [6, 6.07) is 14.3. The first-order chi connectivity index (χ1) is 13.5. The maximum atomic E-state index is 5.99. The molecule has 0 aliphatic heterocycles. The van der Waals surface area contributed by atoms with Crippen molar-refractivity contribution >= 4 is 16.7 Å². The lowest BCUT2D eigenvalue weighted by molar-refractivity contribution is 0.242. The van der Waals surface area contributed by atoms with Gasteiger partial charge in [-0.2, -0.15) is 0 Å². The van der Waals surface area contributed by atoms with Crippen LogP contribution in [0.25, 0.3) is 11.0 Å². The number of imidazole rings is 1. The summed E-state index contributed by atoms with van der Waals surface area (Å²) in [7, 11) is 0. The Labute approximate surface area is 168 Å². The Balaban J connectivity index is 1.87. The molecule has 0 aliphatic carbocycles. The van der Waals surface area contributed by atoms with Gasteiger partial charge in [0.05, 0.1) is 17.1 Å². The van der Waals surface area contributed by atoms with Gasteiger partial charge in [0.2, 0.25) is 0 Å². The second kappa shape index (κ2) is 9.11. The Kier molecular flexibility index (Phi) is 6.57. The quantitative estimate of drug-likeness (QED) is 0.561. The van der Waals surface area contributed by atoms with Crippen molar-refractivity contribution in [3.8, 4) is 5.75 Å². The molecule has 3 aromatic rings. The largest absolute Gasteiger partial charge is 0.491 e. The van der Waals surface area contributed by atoms with Crippen molar-refractivity contribution in [2.75, 3.05) is 25.4 Å². The number of nitrogens with zero attached hydrogens (tertiary/aromatic N) is 3. The summed E-state index contributed by atoms with van der Waals surface area (Å²) >= 11 is 0. The summed E-state index contributed by atoms with van der Waals surface area (Å²) in [6.45, 7) is 12.5. The number of hydrogen-bond acceptors (Lipinski definition) is 4. The van der Waals surface area contributed by atoms with E-state index in [0.29, 0.717) is 0 Å². The average Bonchev–Trinajstić information content (AvgIpc) is 3.00. The van der Waals surface area contributed by atoms with E-state index in [1.54, 1.807) is 0 Å². The van der Waals surface area contributed by atoms with Crippen molar-refractivity contribution in [1.82, 2.24) is 14.5 Å². The molecule has 0 bridgehead atoms. The number of likely N-dealkylation sites (N-methyl/N-ethyl adjacent to an activating group) is 1. The zero-order valence-electron chi connectivity index (χ0n) is 17.5. The molecule has 0 aliphatic rings. The first-order valence-corrected chi connectivity index (χ1v) is 10.2. The van der Waals surface area contributed by atoms with Gasteiger partial charge in [0.15, 0.2) is 0 Å². The van der Waals surface area contributed by atoms with Gasteiger partial charge in [-0.1, -0.05) is 26.0 Å². The highest BCUT2D eigenvalue weighted by molar-refractivity contribution is 5.79. The summed E-state index contributed by atoms with van der Waals surface area (Å²) < 4.78 is 8.09. The van der Waals surface area contributed by atoms with E-state index >= 15 is 0 Å². The van der Waals surface area contributed by atoms with E-state index in [1.165, 1.54) is 5.56 Å². The van der Waals surface area contributed by atoms with Gasteiger partial charge < -0.3 is 19.9 Å². The molecule has 2 aromatic carbocycles. The van der Waals surface area contributed by atoms with Gasteiger partial charge in [0.1, 0.15) is 11.6 Å². The molecule has 0 saturated heterocycles. The predicted molar refractivity (Wildman–Crippen MR) is 117 cm³/mol. The van der Waals surface area contributed by atoms with Gasteiger partial charge in [-0.3, -0.25) is 0 Å². The fraction of sp³-hybridized carbons (Fsp3) is 0.435. The number of fused-ring (bicyclic) bond motifs is 1. The standard InChI is InChI=1S/C23H32N4O/c1-5-26(6-2)13-14-27-22-12-9-19(24)16-21(22)25-23(27)15-18-7-10-20(11-8-18)28-17(3)4/h7-12,16-17H,5-6,13-15,24H2,1-4H3. The summed E-state index contributed by atoms with van der Waals surface area (Å²) in [4.78, 5) is 7.34. The van der Waals surface area contributed by atoms with Gasteiger partial charge in [-0.25, -0.2) is 4.98 Å². The summed E-state index contributed by atoms with van der Waals surface area (Å²) in [5.74, 6) is 1.98. The number of benzene rings is 2. The first kappa shape index (κ1) is 20.2. The van der Waals surface area contributed by atoms with Crippen LogP contribution in [0.5, 0.6) is 5.75 Å². The topological polar surface area (TPSA) is 56.3 Å². The molecule has 5 heteroatoms. The van der Waals surface area contributed by atoms with Crippen LogP contribution < -0.4 is 10.5 Å². The number of ether oxygens (including phenoxy) is 1. The zero-order valence-corrected chi connectivity index (χ0v) is 17.5. The molecule has 0 spiro atoms. The van der Waals surface area contributed by atoms with Gasteiger partial charge in [0.25, 0.3) is 0 Å². The van der Waals surface area contributed by atoms with Crippen molar-refractivity contribution in [1.29, 1.82) is 0 Å². The van der Waals surface area contributed by atoms with E-state index in [2.05, 4.69) is 41.5 Å². The van der Waals surface area contributed by atoms with E-state index in [-0.39, 0.29) is 6.10 Å². The average molecular weight is 381 g/mol. The minimum Gasteiger partial charge on any atom is -0.491 e. The number of hydrogen-bond donors (Lipinski definition) is 1. The summed E-state index contributed by atoms with van der Waals surface area (Å²) in [6.07, 6.45) is 0.968. The number of anilines is 1. The number of aromatic nitrogens is 2. The van der Waals surface area contributed by atoms with Crippen molar-refractivity contribution < 1.29 is 4.74 Å². The highest BCUT2D eigenvalue weighted by Crippen LogP contribution is 2.22. The first-order valence-electron chi connectivity index (χ1n) is 10.2. The third-order valence-electron chi connectivity index (χ3n) is 5.04. The maximum Gasteiger partial charge on any atom is 0.119 e. The third kappa shape index (κ3) is 4.84. The van der Waals surface area contributed by atoms with Crippen LogP contribution in [0, 0.1) is 0 Å². The van der Waals surface area contributed by atoms with Crippen LogP contribution in [-0.2, 0) is 13.0 Å². The molecular weight excluding hydrogens is 348 g/mol. The Morgan fingerprint density at radius 2 is 1.79 bits per heavy atom. The molecule has 5 nitrogen and oxygen atoms in total. The smallest absolute Gasteiger partial charge is 0.119 e. The molecule has 0 saturated carbocycles. The predicted octanol–water partition coefficient (Wildman–Crippen LogP) is 4.34. The van der Waals surface area contributed by atoms with Crippen LogP contribution in [-0.4, -0.2) is 40.2 Å². The van der Waals surface area contributed by atoms with Crippen molar-refractivity contribution in [2.45, 2.75) is 46.8 Å². The van der Waals surface area contributed by atoms with E-state index in [4.69, 9.17) is 15.5 Å². The molecule has 2 N–H and O–H groups in total. The van der Waals surface area contributed by atoms with Crippen LogP contribution in [0.1, 0.15) is 39.1 Å². The highest BCUT2D eigenvalue weighted by Gasteiger charge is 2.13. The number of rotatable bonds is 9.